The number of hydrogen-bond donors (Lipinski definition) is 0. The standard InChI is InChI=1S/C16H13ClFNO/c17-14-10-16-13(9-15(14)18)7-4-8-19(16)20-11-12-5-2-1-3-6-12/h1-7,9-10H,8,11H2. The molecule has 0 saturated carbocycles. The number of hydroxylamine groups is 1. The SMILES string of the molecule is Fc1cc2c(cc1Cl)N(OCc1ccccc1)CC=C2. The van der Waals surface area contributed by atoms with Gasteiger partial charge in [-0.1, -0.05) is 54.1 Å². The van der Waals surface area contributed by atoms with E-state index in [1.165, 1.54) is 6.07 Å². The van der Waals surface area contributed by atoms with Crippen molar-refractivity contribution in [3.8, 4) is 0 Å². The summed E-state index contributed by atoms with van der Waals surface area (Å²) in [6, 6.07) is 12.9. The Bertz CT molecular complexity index is 642. The molecule has 0 radical (unpaired) electrons. The van der Waals surface area contributed by atoms with Crippen molar-refractivity contribution in [1.82, 2.24) is 0 Å². The van der Waals surface area contributed by atoms with Gasteiger partial charge in [-0.05, 0) is 17.7 Å². The van der Waals surface area contributed by atoms with E-state index in [-0.39, 0.29) is 5.02 Å². The van der Waals surface area contributed by atoms with Crippen molar-refractivity contribution in [2.24, 2.45) is 0 Å². The van der Waals surface area contributed by atoms with Crippen LogP contribution in [0.1, 0.15) is 11.1 Å². The van der Waals surface area contributed by atoms with Crippen LogP contribution in [0.2, 0.25) is 5.02 Å². The Labute approximate surface area is 122 Å². The van der Waals surface area contributed by atoms with E-state index in [0.29, 0.717) is 13.2 Å². The van der Waals surface area contributed by atoms with Crippen molar-refractivity contribution in [3.05, 3.63) is 70.5 Å². The molecule has 0 aliphatic carbocycles. The zero-order chi connectivity index (χ0) is 13.9. The van der Waals surface area contributed by atoms with Gasteiger partial charge in [-0.25, -0.2) is 9.45 Å². The Morgan fingerprint density at radius 1 is 1.20 bits per heavy atom. The molecule has 0 amide bonds. The molecule has 1 aliphatic heterocycles. The van der Waals surface area contributed by atoms with Gasteiger partial charge < -0.3 is 0 Å². The van der Waals surface area contributed by atoms with Crippen LogP contribution in [0.5, 0.6) is 0 Å². The van der Waals surface area contributed by atoms with Crippen LogP contribution < -0.4 is 5.06 Å². The summed E-state index contributed by atoms with van der Waals surface area (Å²) >= 11 is 5.85. The van der Waals surface area contributed by atoms with E-state index in [1.54, 1.807) is 11.1 Å². The summed E-state index contributed by atoms with van der Waals surface area (Å²) in [5.41, 5.74) is 2.64. The topological polar surface area (TPSA) is 12.5 Å². The van der Waals surface area contributed by atoms with E-state index in [0.717, 1.165) is 16.8 Å². The fourth-order valence-electron chi connectivity index (χ4n) is 2.12. The van der Waals surface area contributed by atoms with Gasteiger partial charge in [0.25, 0.3) is 0 Å². The number of fused-ring (bicyclic) bond motifs is 1. The third-order valence-corrected chi connectivity index (χ3v) is 3.43. The van der Waals surface area contributed by atoms with Crippen LogP contribution in [0.3, 0.4) is 0 Å². The van der Waals surface area contributed by atoms with Gasteiger partial charge in [0.2, 0.25) is 0 Å². The van der Waals surface area contributed by atoms with Crippen LogP contribution >= 0.6 is 11.6 Å². The molecule has 4 heteroatoms. The third-order valence-electron chi connectivity index (χ3n) is 3.14. The minimum atomic E-state index is -0.417. The van der Waals surface area contributed by atoms with Crippen molar-refractivity contribution in [1.29, 1.82) is 0 Å². The first-order chi connectivity index (χ1) is 9.74. The fourth-order valence-corrected chi connectivity index (χ4v) is 2.28. The summed E-state index contributed by atoms with van der Waals surface area (Å²) in [4.78, 5) is 5.79. The predicted octanol–water partition coefficient (Wildman–Crippen LogP) is 4.44. The van der Waals surface area contributed by atoms with E-state index in [9.17, 15) is 4.39 Å². The minimum Gasteiger partial charge on any atom is -0.268 e. The highest BCUT2D eigenvalue weighted by Crippen LogP contribution is 2.31. The molecule has 1 aliphatic rings. The second kappa shape index (κ2) is 5.65. The summed E-state index contributed by atoms with van der Waals surface area (Å²) in [7, 11) is 0. The summed E-state index contributed by atoms with van der Waals surface area (Å²) < 4.78 is 13.5. The molecule has 3 rings (SSSR count). The number of benzene rings is 2. The zero-order valence-corrected chi connectivity index (χ0v) is 11.5. The molecule has 0 N–H and O–H groups in total. The highest BCUT2D eigenvalue weighted by atomic mass is 35.5. The summed E-state index contributed by atoms with van der Waals surface area (Å²) in [6.07, 6.45) is 3.80. The summed E-state index contributed by atoms with van der Waals surface area (Å²) in [5, 5.41) is 1.83. The monoisotopic (exact) mass is 289 g/mol. The Kier molecular flexibility index (Phi) is 3.72. The van der Waals surface area contributed by atoms with E-state index in [1.807, 2.05) is 42.5 Å². The van der Waals surface area contributed by atoms with Gasteiger partial charge >= 0.3 is 0 Å². The minimum absolute atomic E-state index is 0.104. The van der Waals surface area contributed by atoms with Crippen LogP contribution in [-0.4, -0.2) is 6.54 Å². The molecule has 0 bridgehead atoms. The number of anilines is 1. The molecule has 0 aromatic heterocycles. The lowest BCUT2D eigenvalue weighted by atomic mass is 10.1. The highest BCUT2D eigenvalue weighted by molar-refractivity contribution is 6.31. The quantitative estimate of drug-likeness (QED) is 0.828. The molecule has 2 aromatic rings. The van der Waals surface area contributed by atoms with Crippen LogP contribution in [0.4, 0.5) is 10.1 Å². The smallest absolute Gasteiger partial charge is 0.142 e. The van der Waals surface area contributed by atoms with Crippen LogP contribution in [-0.2, 0) is 11.4 Å². The van der Waals surface area contributed by atoms with Gasteiger partial charge in [0.15, 0.2) is 0 Å². The average Bonchev–Trinajstić information content (AvgIpc) is 2.47. The second-order valence-corrected chi connectivity index (χ2v) is 4.95. The maximum atomic E-state index is 13.5. The molecule has 2 aromatic carbocycles. The number of halogens is 2. The van der Waals surface area contributed by atoms with Crippen molar-refractivity contribution in [2.75, 3.05) is 11.6 Å². The largest absolute Gasteiger partial charge is 0.268 e. The Morgan fingerprint density at radius 2 is 2.00 bits per heavy atom. The van der Waals surface area contributed by atoms with E-state index < -0.39 is 5.82 Å². The van der Waals surface area contributed by atoms with Gasteiger partial charge in [0.1, 0.15) is 5.82 Å². The lowest BCUT2D eigenvalue weighted by Crippen LogP contribution is -2.26. The lowest BCUT2D eigenvalue weighted by molar-refractivity contribution is 0.0999. The molecule has 0 unspecified atom stereocenters. The molecule has 102 valence electrons. The van der Waals surface area contributed by atoms with Crippen molar-refractivity contribution in [3.63, 3.8) is 0 Å². The van der Waals surface area contributed by atoms with E-state index in [4.69, 9.17) is 16.4 Å². The molecular formula is C16H13ClFNO. The highest BCUT2D eigenvalue weighted by Gasteiger charge is 2.16. The Hall–Kier alpha value is -1.84. The molecule has 0 fully saturated rings. The molecule has 1 heterocycles. The molecule has 0 spiro atoms. The summed E-state index contributed by atoms with van der Waals surface area (Å²) in [6.45, 7) is 1.07. The second-order valence-electron chi connectivity index (χ2n) is 4.55. The number of nitrogens with zero attached hydrogens (tertiary/aromatic N) is 1. The normalized spacial score (nSPS) is 13.4. The zero-order valence-electron chi connectivity index (χ0n) is 10.7. The molecule has 2 nitrogen and oxygen atoms in total. The van der Waals surface area contributed by atoms with Crippen molar-refractivity contribution < 1.29 is 9.23 Å². The Morgan fingerprint density at radius 3 is 2.80 bits per heavy atom. The number of rotatable bonds is 3. The predicted molar refractivity (Wildman–Crippen MR) is 79.0 cm³/mol. The third kappa shape index (κ3) is 2.69. The van der Waals surface area contributed by atoms with Gasteiger partial charge in [-0.15, -0.1) is 0 Å². The lowest BCUT2D eigenvalue weighted by Gasteiger charge is -2.27. The van der Waals surface area contributed by atoms with Crippen molar-refractivity contribution >= 4 is 23.4 Å². The van der Waals surface area contributed by atoms with Gasteiger partial charge in [-0.3, -0.25) is 4.84 Å². The average molecular weight is 290 g/mol. The van der Waals surface area contributed by atoms with Gasteiger partial charge in [0.05, 0.1) is 23.9 Å². The van der Waals surface area contributed by atoms with E-state index >= 15 is 0 Å². The van der Waals surface area contributed by atoms with Crippen LogP contribution in [0.15, 0.2) is 48.5 Å². The van der Waals surface area contributed by atoms with Gasteiger partial charge in [-0.2, -0.15) is 0 Å². The molecular weight excluding hydrogens is 277 g/mol. The molecule has 0 atom stereocenters. The molecule has 0 saturated heterocycles. The molecule has 20 heavy (non-hydrogen) atoms. The Balaban J connectivity index is 1.80. The first kappa shape index (κ1) is 13.2. The number of hydrogen-bond acceptors (Lipinski definition) is 2. The first-order valence-electron chi connectivity index (χ1n) is 6.34. The van der Waals surface area contributed by atoms with E-state index in [2.05, 4.69) is 0 Å². The maximum Gasteiger partial charge on any atom is 0.142 e. The maximum absolute atomic E-state index is 13.5. The summed E-state index contributed by atoms with van der Waals surface area (Å²) in [5.74, 6) is -0.417. The van der Waals surface area contributed by atoms with Crippen LogP contribution in [0.25, 0.3) is 6.08 Å². The first-order valence-corrected chi connectivity index (χ1v) is 6.72. The van der Waals surface area contributed by atoms with Gasteiger partial charge in [0, 0.05) is 5.56 Å². The van der Waals surface area contributed by atoms with Crippen LogP contribution in [0, 0.1) is 5.82 Å². The fraction of sp³-hybridized carbons (Fsp3) is 0.125. The van der Waals surface area contributed by atoms with Crippen molar-refractivity contribution in [2.45, 2.75) is 6.61 Å².